The average molecular weight is 289 g/mol. The standard InChI is InChI=1S/C15H19N3OS/c1-11-9-20-10-13(11)15(19)17(2)7-12-3-4-14-16-5-6-18(14)8-12/h5-6,9-10,12H,3-4,7-8H2,1-2H3/t12-/m0/s1. The highest BCUT2D eigenvalue weighted by Crippen LogP contribution is 2.21. The summed E-state index contributed by atoms with van der Waals surface area (Å²) in [6.07, 6.45) is 6.02. The van der Waals surface area contributed by atoms with Crippen molar-refractivity contribution in [2.75, 3.05) is 13.6 Å². The number of imidazole rings is 1. The highest BCUT2D eigenvalue weighted by Gasteiger charge is 2.23. The fourth-order valence-corrected chi connectivity index (χ4v) is 3.66. The van der Waals surface area contributed by atoms with Crippen LogP contribution in [0.15, 0.2) is 23.2 Å². The quantitative estimate of drug-likeness (QED) is 0.871. The summed E-state index contributed by atoms with van der Waals surface area (Å²) in [5.41, 5.74) is 1.92. The predicted molar refractivity (Wildman–Crippen MR) is 80.1 cm³/mol. The van der Waals surface area contributed by atoms with Gasteiger partial charge in [0.1, 0.15) is 5.82 Å². The van der Waals surface area contributed by atoms with Gasteiger partial charge >= 0.3 is 0 Å². The minimum Gasteiger partial charge on any atom is -0.341 e. The number of rotatable bonds is 3. The van der Waals surface area contributed by atoms with Crippen LogP contribution < -0.4 is 0 Å². The molecule has 0 N–H and O–H groups in total. The van der Waals surface area contributed by atoms with Gasteiger partial charge in [0.25, 0.3) is 5.91 Å². The summed E-state index contributed by atoms with van der Waals surface area (Å²) < 4.78 is 2.21. The molecule has 0 aliphatic carbocycles. The largest absolute Gasteiger partial charge is 0.341 e. The van der Waals surface area contributed by atoms with Crippen molar-refractivity contribution in [1.29, 1.82) is 0 Å². The van der Waals surface area contributed by atoms with E-state index in [1.54, 1.807) is 11.3 Å². The molecule has 0 aromatic carbocycles. The minimum atomic E-state index is 0.139. The Morgan fingerprint density at radius 1 is 1.55 bits per heavy atom. The molecule has 3 rings (SSSR count). The van der Waals surface area contributed by atoms with E-state index >= 15 is 0 Å². The van der Waals surface area contributed by atoms with Crippen molar-refractivity contribution < 1.29 is 4.79 Å². The Kier molecular flexibility index (Phi) is 3.61. The SMILES string of the molecule is Cc1cscc1C(=O)N(C)C[C@@H]1CCc2nccn2C1. The Hall–Kier alpha value is -1.62. The molecule has 1 aliphatic rings. The molecule has 106 valence electrons. The maximum Gasteiger partial charge on any atom is 0.254 e. The third-order valence-electron chi connectivity index (χ3n) is 4.00. The van der Waals surface area contributed by atoms with E-state index < -0.39 is 0 Å². The summed E-state index contributed by atoms with van der Waals surface area (Å²) in [6, 6.07) is 0. The lowest BCUT2D eigenvalue weighted by molar-refractivity contribution is 0.0760. The van der Waals surface area contributed by atoms with E-state index in [-0.39, 0.29) is 5.91 Å². The normalized spacial score (nSPS) is 17.8. The Bertz CT molecular complexity index is 616. The first-order chi connectivity index (χ1) is 9.65. The third kappa shape index (κ3) is 2.50. The van der Waals surface area contributed by atoms with Gasteiger partial charge in [0.05, 0.1) is 5.56 Å². The number of hydrogen-bond acceptors (Lipinski definition) is 3. The van der Waals surface area contributed by atoms with Crippen LogP contribution in [0.25, 0.3) is 0 Å². The predicted octanol–water partition coefficient (Wildman–Crippen LogP) is 2.59. The number of aryl methyl sites for hydroxylation is 2. The Balaban J connectivity index is 1.64. The molecule has 0 bridgehead atoms. The first kappa shape index (κ1) is 13.4. The Labute approximate surface area is 123 Å². The van der Waals surface area contributed by atoms with Crippen molar-refractivity contribution in [3.8, 4) is 0 Å². The molecule has 4 nitrogen and oxygen atoms in total. The molecule has 0 fully saturated rings. The second kappa shape index (κ2) is 5.40. The monoisotopic (exact) mass is 289 g/mol. The highest BCUT2D eigenvalue weighted by atomic mass is 32.1. The summed E-state index contributed by atoms with van der Waals surface area (Å²) in [6.45, 7) is 3.78. The van der Waals surface area contributed by atoms with E-state index in [0.717, 1.165) is 37.1 Å². The highest BCUT2D eigenvalue weighted by molar-refractivity contribution is 7.08. The first-order valence-electron chi connectivity index (χ1n) is 6.93. The zero-order valence-corrected chi connectivity index (χ0v) is 12.7. The molecule has 5 heteroatoms. The van der Waals surface area contributed by atoms with Gasteiger partial charge in [0.2, 0.25) is 0 Å². The molecule has 0 saturated carbocycles. The zero-order chi connectivity index (χ0) is 14.1. The number of amides is 1. The molecule has 1 amide bonds. The second-order valence-corrected chi connectivity index (χ2v) is 6.30. The maximum atomic E-state index is 12.4. The van der Waals surface area contributed by atoms with Gasteiger partial charge in [0, 0.05) is 44.3 Å². The van der Waals surface area contributed by atoms with Crippen molar-refractivity contribution in [1.82, 2.24) is 14.5 Å². The van der Waals surface area contributed by atoms with Gasteiger partial charge in [-0.25, -0.2) is 4.98 Å². The van der Waals surface area contributed by atoms with Crippen LogP contribution in [0.2, 0.25) is 0 Å². The van der Waals surface area contributed by atoms with E-state index in [2.05, 4.69) is 9.55 Å². The molecule has 0 spiro atoms. The molecule has 0 unspecified atom stereocenters. The molecule has 0 saturated heterocycles. The van der Waals surface area contributed by atoms with E-state index in [9.17, 15) is 4.79 Å². The van der Waals surface area contributed by atoms with Gasteiger partial charge in [-0.1, -0.05) is 0 Å². The summed E-state index contributed by atoms with van der Waals surface area (Å²) >= 11 is 1.59. The van der Waals surface area contributed by atoms with Gasteiger partial charge < -0.3 is 9.47 Å². The molecule has 2 aromatic heterocycles. The third-order valence-corrected chi connectivity index (χ3v) is 4.86. The Morgan fingerprint density at radius 3 is 3.15 bits per heavy atom. The van der Waals surface area contributed by atoms with Crippen molar-refractivity contribution in [3.63, 3.8) is 0 Å². The minimum absolute atomic E-state index is 0.139. The molecular weight excluding hydrogens is 270 g/mol. The molecule has 2 aromatic rings. The van der Waals surface area contributed by atoms with E-state index in [4.69, 9.17) is 0 Å². The number of nitrogens with zero attached hydrogens (tertiary/aromatic N) is 3. The summed E-state index contributed by atoms with van der Waals surface area (Å²) in [7, 11) is 1.91. The van der Waals surface area contributed by atoms with Crippen LogP contribution >= 0.6 is 11.3 Å². The molecule has 1 aliphatic heterocycles. The zero-order valence-electron chi connectivity index (χ0n) is 11.9. The lowest BCUT2D eigenvalue weighted by Gasteiger charge is -2.28. The molecular formula is C15H19N3OS. The van der Waals surface area contributed by atoms with Crippen molar-refractivity contribution in [2.45, 2.75) is 26.3 Å². The van der Waals surface area contributed by atoms with Gasteiger partial charge in [0.15, 0.2) is 0 Å². The van der Waals surface area contributed by atoms with Crippen LogP contribution in [0.1, 0.15) is 28.2 Å². The van der Waals surface area contributed by atoms with Crippen LogP contribution in [0, 0.1) is 12.8 Å². The first-order valence-corrected chi connectivity index (χ1v) is 7.87. The van der Waals surface area contributed by atoms with Crippen LogP contribution in [-0.4, -0.2) is 34.0 Å². The van der Waals surface area contributed by atoms with Gasteiger partial charge in [-0.3, -0.25) is 4.79 Å². The number of hydrogen-bond donors (Lipinski definition) is 0. The number of carbonyl (C=O) groups is 1. The maximum absolute atomic E-state index is 12.4. The van der Waals surface area contributed by atoms with Gasteiger partial charge in [-0.15, -0.1) is 0 Å². The Morgan fingerprint density at radius 2 is 2.40 bits per heavy atom. The number of fused-ring (bicyclic) bond motifs is 1. The van der Waals surface area contributed by atoms with Crippen LogP contribution in [0.5, 0.6) is 0 Å². The van der Waals surface area contributed by atoms with E-state index in [0.29, 0.717) is 5.92 Å². The number of thiophene rings is 1. The van der Waals surface area contributed by atoms with Gasteiger partial charge in [-0.05, 0) is 30.2 Å². The van der Waals surface area contributed by atoms with Crippen LogP contribution in [0.3, 0.4) is 0 Å². The molecule has 0 radical (unpaired) electrons. The smallest absolute Gasteiger partial charge is 0.254 e. The van der Waals surface area contributed by atoms with Gasteiger partial charge in [-0.2, -0.15) is 11.3 Å². The molecule has 3 heterocycles. The topological polar surface area (TPSA) is 38.1 Å². The lowest BCUT2D eigenvalue weighted by Crippen LogP contribution is -2.35. The van der Waals surface area contributed by atoms with E-state index in [1.165, 1.54) is 5.82 Å². The molecule has 1 atom stereocenters. The van der Waals surface area contributed by atoms with Crippen LogP contribution in [-0.2, 0) is 13.0 Å². The second-order valence-electron chi connectivity index (χ2n) is 5.55. The fourth-order valence-electron chi connectivity index (χ4n) is 2.84. The summed E-state index contributed by atoms with van der Waals surface area (Å²) in [5.74, 6) is 1.83. The van der Waals surface area contributed by atoms with Crippen LogP contribution in [0.4, 0.5) is 0 Å². The lowest BCUT2D eigenvalue weighted by atomic mass is 9.98. The summed E-state index contributed by atoms with van der Waals surface area (Å²) in [4.78, 5) is 18.6. The van der Waals surface area contributed by atoms with E-state index in [1.807, 2.05) is 42.0 Å². The van der Waals surface area contributed by atoms with Crippen molar-refractivity contribution in [2.24, 2.45) is 5.92 Å². The summed E-state index contributed by atoms with van der Waals surface area (Å²) in [5, 5.41) is 3.97. The van der Waals surface area contributed by atoms with Crippen molar-refractivity contribution in [3.05, 3.63) is 40.1 Å². The number of aromatic nitrogens is 2. The molecule has 20 heavy (non-hydrogen) atoms. The average Bonchev–Trinajstić information content (AvgIpc) is 3.05. The number of carbonyl (C=O) groups excluding carboxylic acids is 1. The van der Waals surface area contributed by atoms with Crippen molar-refractivity contribution >= 4 is 17.2 Å². The fraction of sp³-hybridized carbons (Fsp3) is 0.467.